The minimum atomic E-state index is -0.253. The second-order valence-corrected chi connectivity index (χ2v) is 6.11. The third kappa shape index (κ3) is 4.79. The van der Waals surface area contributed by atoms with E-state index >= 15 is 0 Å². The van der Waals surface area contributed by atoms with Gasteiger partial charge in [0.1, 0.15) is 11.0 Å². The maximum atomic E-state index is 12.1. The molecule has 2 atom stereocenters. The first-order valence-corrected chi connectivity index (χ1v) is 7.69. The standard InChI is InChI=1S/C13H19N3O2S.2ClH/c1-8-12(14-4-5-18-8)13(17)15-6-11-16-10(7-19-11)9-2-3-9;;/h7-9,12,14H,2-6H2,1H3,(H,15,17);2*1H/t8-,12+;;/m1../s1. The lowest BCUT2D eigenvalue weighted by molar-refractivity contribution is -0.129. The molecule has 5 nitrogen and oxygen atoms in total. The summed E-state index contributed by atoms with van der Waals surface area (Å²) in [6, 6.07) is -0.253. The number of halogens is 2. The van der Waals surface area contributed by atoms with Crippen molar-refractivity contribution in [2.75, 3.05) is 13.2 Å². The van der Waals surface area contributed by atoms with Crippen LogP contribution in [0.25, 0.3) is 0 Å². The molecule has 3 rings (SSSR count). The van der Waals surface area contributed by atoms with Crippen LogP contribution < -0.4 is 10.6 Å². The molecule has 1 aromatic heterocycles. The normalized spacial score (nSPS) is 24.6. The molecule has 2 aliphatic rings. The van der Waals surface area contributed by atoms with Crippen molar-refractivity contribution in [3.63, 3.8) is 0 Å². The van der Waals surface area contributed by atoms with Crippen LogP contribution in [0, 0.1) is 0 Å². The van der Waals surface area contributed by atoms with Crippen molar-refractivity contribution in [3.05, 3.63) is 16.1 Å². The predicted octanol–water partition coefficient (Wildman–Crippen LogP) is 1.86. The van der Waals surface area contributed by atoms with Crippen LogP contribution in [0.1, 0.15) is 36.4 Å². The Bertz CT molecular complexity index is 468. The quantitative estimate of drug-likeness (QED) is 0.866. The second-order valence-electron chi connectivity index (χ2n) is 5.17. The molecule has 2 heterocycles. The van der Waals surface area contributed by atoms with Gasteiger partial charge in [0.15, 0.2) is 0 Å². The van der Waals surface area contributed by atoms with Gasteiger partial charge in [0.05, 0.1) is 24.9 Å². The largest absolute Gasteiger partial charge is 0.375 e. The van der Waals surface area contributed by atoms with Crippen LogP contribution >= 0.6 is 36.2 Å². The van der Waals surface area contributed by atoms with Crippen LogP contribution in [0.5, 0.6) is 0 Å². The molecule has 120 valence electrons. The maximum absolute atomic E-state index is 12.1. The van der Waals surface area contributed by atoms with Crippen molar-refractivity contribution in [1.29, 1.82) is 0 Å². The fourth-order valence-corrected chi connectivity index (χ4v) is 3.09. The molecule has 1 saturated carbocycles. The lowest BCUT2D eigenvalue weighted by Gasteiger charge is -2.29. The Balaban J connectivity index is 0.00000110. The highest BCUT2D eigenvalue weighted by atomic mass is 35.5. The Hall–Kier alpha value is -0.400. The van der Waals surface area contributed by atoms with E-state index in [-0.39, 0.29) is 42.9 Å². The van der Waals surface area contributed by atoms with Crippen LogP contribution in [-0.4, -0.2) is 36.2 Å². The van der Waals surface area contributed by atoms with E-state index in [1.54, 1.807) is 11.3 Å². The van der Waals surface area contributed by atoms with E-state index in [0.29, 0.717) is 19.1 Å². The number of carbonyl (C=O) groups is 1. The van der Waals surface area contributed by atoms with Gasteiger partial charge in [-0.1, -0.05) is 0 Å². The number of morpholine rings is 1. The van der Waals surface area contributed by atoms with E-state index in [2.05, 4.69) is 21.0 Å². The highest BCUT2D eigenvalue weighted by molar-refractivity contribution is 7.09. The average molecular weight is 354 g/mol. The van der Waals surface area contributed by atoms with Gasteiger partial charge >= 0.3 is 0 Å². The summed E-state index contributed by atoms with van der Waals surface area (Å²) in [4.78, 5) is 16.6. The molecule has 0 aromatic carbocycles. The Morgan fingerprint density at radius 1 is 1.52 bits per heavy atom. The van der Waals surface area contributed by atoms with Crippen LogP contribution in [0.4, 0.5) is 0 Å². The molecule has 2 N–H and O–H groups in total. The van der Waals surface area contributed by atoms with Gasteiger partial charge in [-0.3, -0.25) is 4.79 Å². The smallest absolute Gasteiger partial charge is 0.240 e. The molecular weight excluding hydrogens is 333 g/mol. The third-order valence-corrected chi connectivity index (χ3v) is 4.44. The topological polar surface area (TPSA) is 63.2 Å². The van der Waals surface area contributed by atoms with Crippen molar-refractivity contribution in [3.8, 4) is 0 Å². The van der Waals surface area contributed by atoms with Crippen LogP contribution in [-0.2, 0) is 16.1 Å². The zero-order valence-electron chi connectivity index (χ0n) is 11.8. The Labute approximate surface area is 141 Å². The molecule has 0 unspecified atom stereocenters. The van der Waals surface area contributed by atoms with E-state index in [1.807, 2.05) is 6.92 Å². The van der Waals surface area contributed by atoms with Crippen molar-refractivity contribution in [2.24, 2.45) is 0 Å². The lowest BCUT2D eigenvalue weighted by Crippen LogP contribution is -2.55. The molecule has 1 aliphatic heterocycles. The van der Waals surface area contributed by atoms with E-state index < -0.39 is 0 Å². The van der Waals surface area contributed by atoms with E-state index in [9.17, 15) is 4.79 Å². The average Bonchev–Trinajstić information content (AvgIpc) is 3.16. The van der Waals surface area contributed by atoms with Gasteiger partial charge in [-0.15, -0.1) is 36.2 Å². The number of amides is 1. The molecular formula is C13H21Cl2N3O2S. The summed E-state index contributed by atoms with van der Waals surface area (Å²) in [5.41, 5.74) is 1.20. The predicted molar refractivity (Wildman–Crippen MR) is 87.6 cm³/mol. The van der Waals surface area contributed by atoms with Crippen molar-refractivity contribution >= 4 is 42.1 Å². The van der Waals surface area contributed by atoms with Gasteiger partial charge in [0, 0.05) is 17.8 Å². The number of hydrogen-bond donors (Lipinski definition) is 2. The van der Waals surface area contributed by atoms with Crippen LogP contribution in [0.15, 0.2) is 5.38 Å². The number of ether oxygens (including phenoxy) is 1. The summed E-state index contributed by atoms with van der Waals surface area (Å²) in [6.45, 7) is 3.83. The Morgan fingerprint density at radius 3 is 2.95 bits per heavy atom. The molecule has 8 heteroatoms. The van der Waals surface area contributed by atoms with Crippen molar-refractivity contribution in [1.82, 2.24) is 15.6 Å². The van der Waals surface area contributed by atoms with Gasteiger partial charge in [-0.25, -0.2) is 4.98 Å². The number of nitrogens with zero attached hydrogens (tertiary/aromatic N) is 1. The Kier molecular flexibility index (Phi) is 7.36. The minimum absolute atomic E-state index is 0. The summed E-state index contributed by atoms with van der Waals surface area (Å²) < 4.78 is 5.47. The van der Waals surface area contributed by atoms with E-state index in [4.69, 9.17) is 4.74 Å². The van der Waals surface area contributed by atoms with Gasteiger partial charge in [0.2, 0.25) is 5.91 Å². The summed E-state index contributed by atoms with van der Waals surface area (Å²) >= 11 is 1.63. The highest BCUT2D eigenvalue weighted by Crippen LogP contribution is 2.40. The van der Waals surface area contributed by atoms with Gasteiger partial charge in [-0.05, 0) is 19.8 Å². The molecule has 0 bridgehead atoms. The molecule has 1 aliphatic carbocycles. The number of carbonyl (C=O) groups excluding carboxylic acids is 1. The Morgan fingerprint density at radius 2 is 2.29 bits per heavy atom. The molecule has 21 heavy (non-hydrogen) atoms. The first kappa shape index (κ1) is 18.6. The molecule has 0 radical (unpaired) electrons. The second kappa shape index (κ2) is 8.29. The zero-order valence-corrected chi connectivity index (χ0v) is 14.3. The molecule has 1 amide bonds. The number of nitrogens with one attached hydrogen (secondary N) is 2. The van der Waals surface area contributed by atoms with Crippen molar-refractivity contribution in [2.45, 2.75) is 44.4 Å². The summed E-state index contributed by atoms with van der Waals surface area (Å²) in [5, 5.41) is 9.22. The molecule has 0 spiro atoms. The summed E-state index contributed by atoms with van der Waals surface area (Å²) in [6.07, 6.45) is 2.44. The molecule has 1 aromatic rings. The van der Waals surface area contributed by atoms with Crippen LogP contribution in [0.2, 0.25) is 0 Å². The lowest BCUT2D eigenvalue weighted by atomic mass is 10.1. The van der Waals surface area contributed by atoms with Crippen molar-refractivity contribution < 1.29 is 9.53 Å². The summed E-state index contributed by atoms with van der Waals surface area (Å²) in [7, 11) is 0. The first-order chi connectivity index (χ1) is 9.24. The SMILES string of the molecule is C[C@H]1OCCN[C@@H]1C(=O)NCc1nc(C2CC2)cs1.Cl.Cl. The number of hydrogen-bond acceptors (Lipinski definition) is 5. The molecule has 1 saturated heterocycles. The number of rotatable bonds is 4. The summed E-state index contributed by atoms with van der Waals surface area (Å²) in [5.74, 6) is 0.671. The van der Waals surface area contributed by atoms with Gasteiger partial charge in [-0.2, -0.15) is 0 Å². The van der Waals surface area contributed by atoms with Gasteiger partial charge < -0.3 is 15.4 Å². The third-order valence-electron chi connectivity index (χ3n) is 3.58. The number of aromatic nitrogens is 1. The minimum Gasteiger partial charge on any atom is -0.375 e. The number of thiazole rings is 1. The van der Waals surface area contributed by atoms with E-state index in [0.717, 1.165) is 11.6 Å². The first-order valence-electron chi connectivity index (χ1n) is 6.81. The fraction of sp³-hybridized carbons (Fsp3) is 0.692. The highest BCUT2D eigenvalue weighted by Gasteiger charge is 2.29. The van der Waals surface area contributed by atoms with Gasteiger partial charge in [0.25, 0.3) is 0 Å². The maximum Gasteiger partial charge on any atom is 0.240 e. The monoisotopic (exact) mass is 353 g/mol. The van der Waals surface area contributed by atoms with E-state index in [1.165, 1.54) is 18.5 Å². The zero-order chi connectivity index (χ0) is 13.2. The van der Waals surface area contributed by atoms with Crippen LogP contribution in [0.3, 0.4) is 0 Å². The fourth-order valence-electron chi connectivity index (χ4n) is 2.27. The molecule has 2 fully saturated rings.